The molecule has 0 aromatic rings. The van der Waals surface area contributed by atoms with Crippen LogP contribution in [0.15, 0.2) is 12.2 Å². The van der Waals surface area contributed by atoms with Crippen molar-refractivity contribution >= 4 is 5.97 Å². The molecule has 1 rings (SSSR count). The second kappa shape index (κ2) is 4.60. The first kappa shape index (κ1) is 11.2. The van der Waals surface area contributed by atoms with Crippen LogP contribution in [0.25, 0.3) is 0 Å². The van der Waals surface area contributed by atoms with E-state index in [0.717, 1.165) is 0 Å². The fraction of sp³-hybridized carbons (Fsp3) is 0.727. The topological polar surface area (TPSA) is 49.3 Å². The SMILES string of the molecule is CC1(C)CCCC1NC/C=C/C(=O)O. The third-order valence-electron chi connectivity index (χ3n) is 3.00. The number of carboxylic acid groups (broad SMARTS) is 1. The molecule has 80 valence electrons. The monoisotopic (exact) mass is 197 g/mol. The van der Waals surface area contributed by atoms with Crippen molar-refractivity contribution in [1.29, 1.82) is 0 Å². The summed E-state index contributed by atoms with van der Waals surface area (Å²) in [6, 6.07) is 0.529. The lowest BCUT2D eigenvalue weighted by Crippen LogP contribution is -2.37. The van der Waals surface area contributed by atoms with E-state index in [4.69, 9.17) is 5.11 Å². The van der Waals surface area contributed by atoms with Gasteiger partial charge in [-0.3, -0.25) is 0 Å². The van der Waals surface area contributed by atoms with E-state index in [0.29, 0.717) is 18.0 Å². The van der Waals surface area contributed by atoms with E-state index in [2.05, 4.69) is 19.2 Å². The Kier molecular flexibility index (Phi) is 3.69. The van der Waals surface area contributed by atoms with Crippen LogP contribution in [0.3, 0.4) is 0 Å². The molecule has 2 N–H and O–H groups in total. The van der Waals surface area contributed by atoms with E-state index < -0.39 is 5.97 Å². The minimum atomic E-state index is -0.877. The van der Waals surface area contributed by atoms with Crippen molar-refractivity contribution in [3.63, 3.8) is 0 Å². The van der Waals surface area contributed by atoms with Crippen LogP contribution in [0, 0.1) is 5.41 Å². The maximum Gasteiger partial charge on any atom is 0.328 e. The molecule has 1 fully saturated rings. The summed E-state index contributed by atoms with van der Waals surface area (Å²) >= 11 is 0. The number of carboxylic acids is 1. The van der Waals surface area contributed by atoms with Gasteiger partial charge in [-0.1, -0.05) is 26.3 Å². The fourth-order valence-electron chi connectivity index (χ4n) is 2.08. The van der Waals surface area contributed by atoms with Crippen molar-refractivity contribution in [2.45, 2.75) is 39.2 Å². The minimum absolute atomic E-state index is 0.358. The van der Waals surface area contributed by atoms with Gasteiger partial charge in [0.05, 0.1) is 0 Å². The van der Waals surface area contributed by atoms with Gasteiger partial charge in [0.2, 0.25) is 0 Å². The minimum Gasteiger partial charge on any atom is -0.478 e. The first-order valence-corrected chi connectivity index (χ1v) is 5.15. The van der Waals surface area contributed by atoms with E-state index in [1.54, 1.807) is 6.08 Å². The van der Waals surface area contributed by atoms with Gasteiger partial charge in [0.15, 0.2) is 0 Å². The van der Waals surface area contributed by atoms with Crippen LogP contribution in [0.2, 0.25) is 0 Å². The van der Waals surface area contributed by atoms with Crippen molar-refractivity contribution in [2.24, 2.45) is 5.41 Å². The predicted octanol–water partition coefficient (Wildman–Crippen LogP) is 1.80. The quantitative estimate of drug-likeness (QED) is 0.676. The van der Waals surface area contributed by atoms with Crippen LogP contribution in [-0.2, 0) is 4.79 Å². The van der Waals surface area contributed by atoms with Gasteiger partial charge in [-0.05, 0) is 18.3 Å². The van der Waals surface area contributed by atoms with Crippen LogP contribution in [-0.4, -0.2) is 23.7 Å². The van der Waals surface area contributed by atoms with Crippen LogP contribution < -0.4 is 5.32 Å². The molecule has 1 unspecified atom stereocenters. The number of hydrogen-bond donors (Lipinski definition) is 2. The van der Waals surface area contributed by atoms with Crippen molar-refractivity contribution in [3.05, 3.63) is 12.2 Å². The average molecular weight is 197 g/mol. The highest BCUT2D eigenvalue weighted by Gasteiger charge is 2.33. The Morgan fingerprint density at radius 1 is 1.64 bits per heavy atom. The molecule has 0 aliphatic heterocycles. The molecule has 3 heteroatoms. The van der Waals surface area contributed by atoms with Crippen molar-refractivity contribution in [2.75, 3.05) is 6.54 Å². The normalized spacial score (nSPS) is 25.7. The zero-order valence-corrected chi connectivity index (χ0v) is 8.92. The molecule has 14 heavy (non-hydrogen) atoms. The third-order valence-corrected chi connectivity index (χ3v) is 3.00. The summed E-state index contributed by atoms with van der Waals surface area (Å²) in [7, 11) is 0. The molecule has 0 aromatic heterocycles. The van der Waals surface area contributed by atoms with Gasteiger partial charge in [0.1, 0.15) is 0 Å². The molecule has 0 aromatic carbocycles. The Bertz CT molecular complexity index is 233. The Morgan fingerprint density at radius 2 is 2.36 bits per heavy atom. The summed E-state index contributed by atoms with van der Waals surface area (Å²) in [5.74, 6) is -0.877. The Hall–Kier alpha value is -0.830. The van der Waals surface area contributed by atoms with Crippen molar-refractivity contribution < 1.29 is 9.90 Å². The zero-order valence-electron chi connectivity index (χ0n) is 8.92. The second-order valence-electron chi connectivity index (χ2n) is 4.58. The number of rotatable bonds is 4. The van der Waals surface area contributed by atoms with E-state index >= 15 is 0 Å². The molecule has 0 amide bonds. The van der Waals surface area contributed by atoms with Gasteiger partial charge < -0.3 is 10.4 Å². The zero-order chi connectivity index (χ0) is 10.6. The van der Waals surface area contributed by atoms with Gasteiger partial charge in [-0.15, -0.1) is 0 Å². The van der Waals surface area contributed by atoms with E-state index in [-0.39, 0.29) is 0 Å². The standard InChI is InChI=1S/C11H19NO2/c1-11(2)7-3-5-9(11)12-8-4-6-10(13)14/h4,6,9,12H,3,5,7-8H2,1-2H3,(H,13,14)/b6-4+. The molecular weight excluding hydrogens is 178 g/mol. The van der Waals surface area contributed by atoms with E-state index in [9.17, 15) is 4.79 Å². The van der Waals surface area contributed by atoms with Crippen LogP contribution in [0.5, 0.6) is 0 Å². The smallest absolute Gasteiger partial charge is 0.328 e. The van der Waals surface area contributed by atoms with E-state index in [1.165, 1.54) is 25.3 Å². The van der Waals surface area contributed by atoms with Gasteiger partial charge in [-0.2, -0.15) is 0 Å². The lowest BCUT2D eigenvalue weighted by Gasteiger charge is -2.27. The molecule has 0 spiro atoms. The summed E-state index contributed by atoms with van der Waals surface area (Å²) in [6.07, 6.45) is 6.58. The summed E-state index contributed by atoms with van der Waals surface area (Å²) in [5, 5.41) is 11.8. The molecule has 0 heterocycles. The highest BCUT2D eigenvalue weighted by Crippen LogP contribution is 2.36. The predicted molar refractivity (Wildman–Crippen MR) is 56.2 cm³/mol. The van der Waals surface area contributed by atoms with Crippen LogP contribution >= 0.6 is 0 Å². The lowest BCUT2D eigenvalue weighted by atomic mass is 9.87. The summed E-state index contributed by atoms with van der Waals surface area (Å²) < 4.78 is 0. The van der Waals surface area contributed by atoms with Crippen molar-refractivity contribution in [3.8, 4) is 0 Å². The summed E-state index contributed by atoms with van der Waals surface area (Å²) in [5.41, 5.74) is 0.358. The lowest BCUT2D eigenvalue weighted by molar-refractivity contribution is -0.131. The number of aliphatic carboxylic acids is 1. The molecule has 0 radical (unpaired) electrons. The number of carbonyl (C=O) groups is 1. The van der Waals surface area contributed by atoms with Gasteiger partial charge in [0.25, 0.3) is 0 Å². The molecule has 1 aliphatic rings. The van der Waals surface area contributed by atoms with Crippen LogP contribution in [0.4, 0.5) is 0 Å². The summed E-state index contributed by atoms with van der Waals surface area (Å²) in [6.45, 7) is 5.18. The molecule has 1 saturated carbocycles. The molecule has 0 bridgehead atoms. The highest BCUT2D eigenvalue weighted by atomic mass is 16.4. The first-order chi connectivity index (χ1) is 6.52. The first-order valence-electron chi connectivity index (χ1n) is 5.15. The molecule has 1 aliphatic carbocycles. The van der Waals surface area contributed by atoms with Gasteiger partial charge in [0, 0.05) is 18.7 Å². The summed E-state index contributed by atoms with van der Waals surface area (Å²) in [4.78, 5) is 10.2. The molecule has 0 saturated heterocycles. The Balaban J connectivity index is 2.28. The maximum atomic E-state index is 10.2. The Labute approximate surface area is 85.2 Å². The largest absolute Gasteiger partial charge is 0.478 e. The second-order valence-corrected chi connectivity index (χ2v) is 4.58. The molecule has 3 nitrogen and oxygen atoms in total. The number of hydrogen-bond acceptors (Lipinski definition) is 2. The molecule has 1 atom stereocenters. The van der Waals surface area contributed by atoms with E-state index in [1.807, 2.05) is 0 Å². The fourth-order valence-corrected chi connectivity index (χ4v) is 2.08. The molecular formula is C11H19NO2. The van der Waals surface area contributed by atoms with Crippen molar-refractivity contribution in [1.82, 2.24) is 5.32 Å². The van der Waals surface area contributed by atoms with Gasteiger partial charge >= 0.3 is 5.97 Å². The average Bonchev–Trinajstić information content (AvgIpc) is 2.39. The highest BCUT2D eigenvalue weighted by molar-refractivity contribution is 5.79. The van der Waals surface area contributed by atoms with Crippen LogP contribution in [0.1, 0.15) is 33.1 Å². The third kappa shape index (κ3) is 3.14. The maximum absolute atomic E-state index is 10.2. The number of nitrogens with one attached hydrogen (secondary N) is 1. The van der Waals surface area contributed by atoms with Gasteiger partial charge in [-0.25, -0.2) is 4.79 Å². The Morgan fingerprint density at radius 3 is 2.86 bits per heavy atom.